The molecule has 0 radical (unpaired) electrons. The topological polar surface area (TPSA) is 94.2 Å². The molecule has 0 aromatic heterocycles. The Bertz CT molecular complexity index is 1010. The summed E-state index contributed by atoms with van der Waals surface area (Å²) in [6.45, 7) is 3.05. The molecule has 0 bridgehead atoms. The first-order valence-corrected chi connectivity index (χ1v) is 11.2. The number of hydrogen-bond donors (Lipinski definition) is 1. The van der Waals surface area contributed by atoms with Gasteiger partial charge in [0.2, 0.25) is 0 Å². The zero-order valence-electron chi connectivity index (χ0n) is 18.6. The SMILES string of the molecule is CC(CC(=O)OCC(=O)N1CCCC1c1ccc2c(c1)OCCO2)NC(=O)c1ccccc1. The Labute approximate surface area is 192 Å². The Morgan fingerprint density at radius 1 is 1.09 bits per heavy atom. The van der Waals surface area contributed by atoms with Gasteiger partial charge in [-0.25, -0.2) is 0 Å². The van der Waals surface area contributed by atoms with Crippen LogP contribution in [0.2, 0.25) is 0 Å². The second-order valence-electron chi connectivity index (χ2n) is 8.25. The summed E-state index contributed by atoms with van der Waals surface area (Å²) in [4.78, 5) is 39.0. The fourth-order valence-corrected chi connectivity index (χ4v) is 4.16. The minimum absolute atomic E-state index is 0.0164. The largest absolute Gasteiger partial charge is 0.486 e. The predicted octanol–water partition coefficient (Wildman–Crippen LogP) is 2.87. The first kappa shape index (κ1) is 22.6. The molecule has 2 amide bonds. The lowest BCUT2D eigenvalue weighted by molar-refractivity contribution is -0.152. The minimum Gasteiger partial charge on any atom is -0.486 e. The van der Waals surface area contributed by atoms with Crippen molar-refractivity contribution in [2.24, 2.45) is 0 Å². The van der Waals surface area contributed by atoms with E-state index in [2.05, 4.69) is 5.32 Å². The van der Waals surface area contributed by atoms with E-state index in [0.29, 0.717) is 36.8 Å². The normalized spacial score (nSPS) is 17.8. The molecule has 4 rings (SSSR count). The zero-order chi connectivity index (χ0) is 23.2. The van der Waals surface area contributed by atoms with Crippen molar-refractivity contribution in [2.45, 2.75) is 38.3 Å². The lowest BCUT2D eigenvalue weighted by Crippen LogP contribution is -2.36. The Hall–Kier alpha value is -3.55. The number of rotatable bonds is 7. The maximum Gasteiger partial charge on any atom is 0.308 e. The number of amides is 2. The van der Waals surface area contributed by atoms with E-state index in [-0.39, 0.29) is 30.9 Å². The van der Waals surface area contributed by atoms with Crippen LogP contribution < -0.4 is 14.8 Å². The third-order valence-corrected chi connectivity index (χ3v) is 5.77. The van der Waals surface area contributed by atoms with Crippen LogP contribution >= 0.6 is 0 Å². The number of esters is 1. The summed E-state index contributed by atoms with van der Waals surface area (Å²) in [5.74, 6) is 0.381. The molecule has 174 valence electrons. The molecule has 8 nitrogen and oxygen atoms in total. The Morgan fingerprint density at radius 3 is 2.64 bits per heavy atom. The van der Waals surface area contributed by atoms with Crippen molar-refractivity contribution in [2.75, 3.05) is 26.4 Å². The summed E-state index contributed by atoms with van der Waals surface area (Å²) in [5, 5.41) is 2.77. The van der Waals surface area contributed by atoms with Crippen molar-refractivity contribution >= 4 is 17.8 Å². The number of benzene rings is 2. The summed E-state index contributed by atoms with van der Waals surface area (Å²) in [5.41, 5.74) is 1.50. The first-order chi connectivity index (χ1) is 16.0. The molecule has 2 atom stereocenters. The molecule has 0 spiro atoms. The number of nitrogens with one attached hydrogen (secondary N) is 1. The van der Waals surface area contributed by atoms with E-state index in [1.807, 2.05) is 24.3 Å². The average molecular weight is 453 g/mol. The summed E-state index contributed by atoms with van der Waals surface area (Å²) < 4.78 is 16.5. The smallest absolute Gasteiger partial charge is 0.308 e. The van der Waals surface area contributed by atoms with Crippen LogP contribution in [0.25, 0.3) is 0 Å². The molecule has 8 heteroatoms. The van der Waals surface area contributed by atoms with Crippen LogP contribution in [0.1, 0.15) is 48.1 Å². The van der Waals surface area contributed by atoms with Gasteiger partial charge in [-0.3, -0.25) is 14.4 Å². The van der Waals surface area contributed by atoms with Gasteiger partial charge in [-0.15, -0.1) is 0 Å². The van der Waals surface area contributed by atoms with Crippen molar-refractivity contribution in [1.82, 2.24) is 10.2 Å². The van der Waals surface area contributed by atoms with Crippen molar-refractivity contribution in [3.63, 3.8) is 0 Å². The number of fused-ring (bicyclic) bond motifs is 1. The lowest BCUT2D eigenvalue weighted by atomic mass is 10.0. The Morgan fingerprint density at radius 2 is 1.85 bits per heavy atom. The lowest BCUT2D eigenvalue weighted by Gasteiger charge is -2.26. The number of carbonyl (C=O) groups is 3. The molecule has 2 unspecified atom stereocenters. The Kier molecular flexibility index (Phi) is 7.12. The summed E-state index contributed by atoms with van der Waals surface area (Å²) in [6.07, 6.45) is 1.70. The van der Waals surface area contributed by atoms with E-state index in [4.69, 9.17) is 14.2 Å². The van der Waals surface area contributed by atoms with E-state index in [1.54, 1.807) is 36.1 Å². The van der Waals surface area contributed by atoms with Crippen molar-refractivity contribution in [1.29, 1.82) is 0 Å². The highest BCUT2D eigenvalue weighted by Crippen LogP contribution is 2.38. The third-order valence-electron chi connectivity index (χ3n) is 5.77. The monoisotopic (exact) mass is 452 g/mol. The predicted molar refractivity (Wildman–Crippen MR) is 120 cm³/mol. The molecule has 33 heavy (non-hydrogen) atoms. The van der Waals surface area contributed by atoms with E-state index in [9.17, 15) is 14.4 Å². The summed E-state index contributed by atoms with van der Waals surface area (Å²) >= 11 is 0. The van der Waals surface area contributed by atoms with Crippen LogP contribution in [0.5, 0.6) is 11.5 Å². The summed E-state index contributed by atoms with van der Waals surface area (Å²) in [6, 6.07) is 14.0. The third kappa shape index (κ3) is 5.63. The average Bonchev–Trinajstić information content (AvgIpc) is 3.33. The van der Waals surface area contributed by atoms with Gasteiger partial charge in [-0.2, -0.15) is 0 Å². The van der Waals surface area contributed by atoms with Gasteiger partial charge in [0.1, 0.15) is 13.2 Å². The highest BCUT2D eigenvalue weighted by molar-refractivity contribution is 5.94. The van der Waals surface area contributed by atoms with Gasteiger partial charge in [0.05, 0.1) is 12.5 Å². The second-order valence-corrected chi connectivity index (χ2v) is 8.25. The quantitative estimate of drug-likeness (QED) is 0.650. The van der Waals surface area contributed by atoms with Gasteiger partial charge in [-0.1, -0.05) is 24.3 Å². The van der Waals surface area contributed by atoms with Gasteiger partial charge >= 0.3 is 5.97 Å². The highest BCUT2D eigenvalue weighted by atomic mass is 16.6. The van der Waals surface area contributed by atoms with E-state index in [0.717, 1.165) is 18.4 Å². The number of likely N-dealkylation sites (tertiary alicyclic amines) is 1. The first-order valence-electron chi connectivity index (χ1n) is 11.2. The standard InChI is InChI=1S/C25H28N2O6/c1-17(26-25(30)18-6-3-2-4-7-18)14-24(29)33-16-23(28)27-11-5-8-20(27)19-9-10-21-22(15-19)32-13-12-31-21/h2-4,6-7,9-10,15,17,20H,5,8,11-14,16H2,1H3,(H,26,30). The number of nitrogens with zero attached hydrogens (tertiary/aromatic N) is 1. The van der Waals surface area contributed by atoms with E-state index in [1.165, 1.54) is 0 Å². The van der Waals surface area contributed by atoms with Crippen LogP contribution in [0, 0.1) is 0 Å². The molecular weight excluding hydrogens is 424 g/mol. The molecule has 2 heterocycles. The molecular formula is C25H28N2O6. The van der Waals surface area contributed by atoms with Crippen molar-refractivity contribution < 1.29 is 28.6 Å². The molecule has 1 saturated heterocycles. The molecule has 2 aromatic carbocycles. The van der Waals surface area contributed by atoms with Crippen LogP contribution in [0.4, 0.5) is 0 Å². The van der Waals surface area contributed by atoms with Crippen molar-refractivity contribution in [3.05, 3.63) is 59.7 Å². The fraction of sp³-hybridized carbons (Fsp3) is 0.400. The Balaban J connectivity index is 1.27. The van der Waals surface area contributed by atoms with Crippen LogP contribution in [-0.4, -0.2) is 55.1 Å². The van der Waals surface area contributed by atoms with Gasteiger partial charge in [-0.05, 0) is 49.6 Å². The molecule has 1 fully saturated rings. The van der Waals surface area contributed by atoms with Crippen LogP contribution in [0.15, 0.2) is 48.5 Å². The highest BCUT2D eigenvalue weighted by Gasteiger charge is 2.31. The summed E-state index contributed by atoms with van der Waals surface area (Å²) in [7, 11) is 0. The minimum atomic E-state index is -0.528. The van der Waals surface area contributed by atoms with E-state index >= 15 is 0 Å². The van der Waals surface area contributed by atoms with Gasteiger partial charge in [0.15, 0.2) is 18.1 Å². The fourth-order valence-electron chi connectivity index (χ4n) is 4.16. The zero-order valence-corrected chi connectivity index (χ0v) is 18.6. The molecule has 0 aliphatic carbocycles. The van der Waals surface area contributed by atoms with Crippen LogP contribution in [-0.2, 0) is 14.3 Å². The van der Waals surface area contributed by atoms with Gasteiger partial charge in [0.25, 0.3) is 11.8 Å². The van der Waals surface area contributed by atoms with Gasteiger partial charge in [0, 0.05) is 18.2 Å². The maximum absolute atomic E-state index is 12.8. The second kappa shape index (κ2) is 10.4. The maximum atomic E-state index is 12.8. The van der Waals surface area contributed by atoms with E-state index < -0.39 is 12.0 Å². The molecule has 0 saturated carbocycles. The van der Waals surface area contributed by atoms with Crippen molar-refractivity contribution in [3.8, 4) is 11.5 Å². The molecule has 2 aliphatic heterocycles. The number of hydrogen-bond acceptors (Lipinski definition) is 6. The number of carbonyl (C=O) groups excluding carboxylic acids is 3. The molecule has 1 N–H and O–H groups in total. The molecule has 2 aliphatic rings. The molecule has 2 aromatic rings. The number of ether oxygens (including phenoxy) is 3. The van der Waals surface area contributed by atoms with Gasteiger partial charge < -0.3 is 24.4 Å². The van der Waals surface area contributed by atoms with Crippen LogP contribution in [0.3, 0.4) is 0 Å².